The fourth-order valence-electron chi connectivity index (χ4n) is 2.18. The van der Waals surface area contributed by atoms with Crippen LogP contribution in [-0.4, -0.2) is 16.0 Å². The molecule has 2 aromatic heterocycles. The van der Waals surface area contributed by atoms with Crippen molar-refractivity contribution in [3.8, 4) is 5.75 Å². The minimum atomic E-state index is -0.455. The first-order chi connectivity index (χ1) is 11.2. The van der Waals surface area contributed by atoms with Crippen LogP contribution in [0.3, 0.4) is 0 Å². The van der Waals surface area contributed by atoms with Gasteiger partial charge >= 0.3 is 0 Å². The number of nitrogens with zero attached hydrogens (tertiary/aromatic N) is 1. The molecular weight excluding hydrogens is 301 g/mol. The SMILES string of the molecule is CCC(=O)NCc1cc2cc(F)c(OCc3ccon3)cc2[nH]1. The summed E-state index contributed by atoms with van der Waals surface area (Å²) in [4.78, 5) is 14.4. The van der Waals surface area contributed by atoms with Crippen molar-refractivity contribution < 1.29 is 18.4 Å². The summed E-state index contributed by atoms with van der Waals surface area (Å²) in [5.41, 5.74) is 2.12. The number of aromatic nitrogens is 2. The van der Waals surface area contributed by atoms with Crippen LogP contribution in [0.4, 0.5) is 4.39 Å². The summed E-state index contributed by atoms with van der Waals surface area (Å²) in [6.45, 7) is 2.28. The molecule has 2 heterocycles. The Labute approximate surface area is 131 Å². The third-order valence-corrected chi connectivity index (χ3v) is 3.39. The molecule has 0 aliphatic heterocycles. The first-order valence-corrected chi connectivity index (χ1v) is 7.25. The van der Waals surface area contributed by atoms with Gasteiger partial charge in [-0.1, -0.05) is 12.1 Å². The van der Waals surface area contributed by atoms with E-state index in [4.69, 9.17) is 9.26 Å². The van der Waals surface area contributed by atoms with E-state index in [9.17, 15) is 9.18 Å². The van der Waals surface area contributed by atoms with E-state index in [1.165, 1.54) is 12.3 Å². The van der Waals surface area contributed by atoms with Gasteiger partial charge in [-0.25, -0.2) is 4.39 Å². The van der Waals surface area contributed by atoms with Crippen LogP contribution in [-0.2, 0) is 17.9 Å². The number of nitrogens with one attached hydrogen (secondary N) is 2. The second-order valence-corrected chi connectivity index (χ2v) is 5.07. The number of aromatic amines is 1. The van der Waals surface area contributed by atoms with Crippen LogP contribution in [0.1, 0.15) is 24.7 Å². The second kappa shape index (κ2) is 6.51. The summed E-state index contributed by atoms with van der Waals surface area (Å²) in [5.74, 6) is -0.359. The Bertz CT molecular complexity index is 811. The number of amides is 1. The Morgan fingerprint density at radius 3 is 3.04 bits per heavy atom. The molecule has 0 atom stereocenters. The molecule has 1 aromatic carbocycles. The van der Waals surface area contributed by atoms with Gasteiger partial charge in [0.1, 0.15) is 18.6 Å². The van der Waals surface area contributed by atoms with Gasteiger partial charge in [-0.2, -0.15) is 0 Å². The Morgan fingerprint density at radius 2 is 2.30 bits per heavy atom. The van der Waals surface area contributed by atoms with Gasteiger partial charge in [-0.05, 0) is 12.1 Å². The number of carbonyl (C=O) groups is 1. The highest BCUT2D eigenvalue weighted by molar-refractivity contribution is 5.82. The van der Waals surface area contributed by atoms with Crippen LogP contribution >= 0.6 is 0 Å². The predicted molar refractivity (Wildman–Crippen MR) is 81.2 cm³/mol. The Morgan fingerprint density at radius 1 is 1.43 bits per heavy atom. The van der Waals surface area contributed by atoms with E-state index in [0.717, 1.165) is 16.6 Å². The molecule has 0 aliphatic rings. The van der Waals surface area contributed by atoms with Crippen LogP contribution in [0.5, 0.6) is 5.75 Å². The number of hydrogen-bond donors (Lipinski definition) is 2. The molecule has 1 amide bonds. The van der Waals surface area contributed by atoms with Crippen molar-refractivity contribution >= 4 is 16.8 Å². The second-order valence-electron chi connectivity index (χ2n) is 5.07. The van der Waals surface area contributed by atoms with Crippen LogP contribution in [0.25, 0.3) is 10.9 Å². The van der Waals surface area contributed by atoms with Crippen LogP contribution in [0.15, 0.2) is 35.1 Å². The standard InChI is InChI=1S/C16H16FN3O3/c1-2-16(21)18-8-12-5-10-6-13(17)15(7-14(10)19-12)22-9-11-3-4-23-20-11/h3-7,19H,2,8-9H2,1H3,(H,18,21). The van der Waals surface area contributed by atoms with E-state index in [2.05, 4.69) is 15.5 Å². The molecule has 0 fully saturated rings. The zero-order valence-corrected chi connectivity index (χ0v) is 12.6. The molecule has 3 aromatic rings. The number of carbonyl (C=O) groups excluding carboxylic acids is 1. The molecule has 0 aliphatic carbocycles. The highest BCUT2D eigenvalue weighted by Crippen LogP contribution is 2.26. The molecule has 23 heavy (non-hydrogen) atoms. The summed E-state index contributed by atoms with van der Waals surface area (Å²) >= 11 is 0. The van der Waals surface area contributed by atoms with E-state index in [0.29, 0.717) is 18.7 Å². The summed E-state index contributed by atoms with van der Waals surface area (Å²) in [6, 6.07) is 6.44. The molecule has 6 nitrogen and oxygen atoms in total. The van der Waals surface area contributed by atoms with E-state index >= 15 is 0 Å². The first kappa shape index (κ1) is 15.1. The maximum absolute atomic E-state index is 14.1. The van der Waals surface area contributed by atoms with Gasteiger partial charge in [0.15, 0.2) is 11.6 Å². The number of rotatable bonds is 6. The van der Waals surface area contributed by atoms with Crippen molar-refractivity contribution in [1.82, 2.24) is 15.5 Å². The molecule has 0 bridgehead atoms. The lowest BCUT2D eigenvalue weighted by atomic mass is 10.2. The van der Waals surface area contributed by atoms with E-state index in [1.54, 1.807) is 25.1 Å². The molecule has 120 valence electrons. The molecule has 7 heteroatoms. The van der Waals surface area contributed by atoms with Crippen LogP contribution < -0.4 is 10.1 Å². The van der Waals surface area contributed by atoms with Crippen molar-refractivity contribution in [2.45, 2.75) is 26.5 Å². The van der Waals surface area contributed by atoms with Crippen molar-refractivity contribution in [1.29, 1.82) is 0 Å². The summed E-state index contributed by atoms with van der Waals surface area (Å²) in [6.07, 6.45) is 1.86. The minimum absolute atomic E-state index is 0.0357. The number of halogens is 1. The minimum Gasteiger partial charge on any atom is -0.484 e. The average molecular weight is 317 g/mol. The third kappa shape index (κ3) is 3.50. The zero-order chi connectivity index (χ0) is 16.2. The van der Waals surface area contributed by atoms with E-state index < -0.39 is 5.82 Å². The van der Waals surface area contributed by atoms with Gasteiger partial charge in [0.25, 0.3) is 0 Å². The van der Waals surface area contributed by atoms with Gasteiger partial charge in [0.2, 0.25) is 5.91 Å². The highest BCUT2D eigenvalue weighted by atomic mass is 19.1. The van der Waals surface area contributed by atoms with E-state index in [1.807, 2.05) is 0 Å². The maximum Gasteiger partial charge on any atom is 0.220 e. The highest BCUT2D eigenvalue weighted by Gasteiger charge is 2.10. The van der Waals surface area contributed by atoms with Crippen molar-refractivity contribution in [2.24, 2.45) is 0 Å². The summed E-state index contributed by atoms with van der Waals surface area (Å²) in [5, 5.41) is 7.19. The first-order valence-electron chi connectivity index (χ1n) is 7.25. The van der Waals surface area contributed by atoms with Crippen molar-refractivity contribution in [3.05, 3.63) is 47.7 Å². The number of ether oxygens (including phenoxy) is 1. The third-order valence-electron chi connectivity index (χ3n) is 3.39. The molecule has 0 saturated heterocycles. The predicted octanol–water partition coefficient (Wildman–Crippen LogP) is 2.90. The largest absolute Gasteiger partial charge is 0.484 e. The molecule has 0 radical (unpaired) electrons. The summed E-state index contributed by atoms with van der Waals surface area (Å²) < 4.78 is 24.2. The van der Waals surface area contributed by atoms with Gasteiger partial charge in [-0.15, -0.1) is 0 Å². The Balaban J connectivity index is 1.75. The molecule has 0 unspecified atom stereocenters. The zero-order valence-electron chi connectivity index (χ0n) is 12.6. The molecular formula is C16H16FN3O3. The lowest BCUT2D eigenvalue weighted by molar-refractivity contribution is -0.120. The van der Waals surface area contributed by atoms with Gasteiger partial charge in [0.05, 0.1) is 6.54 Å². The number of H-pyrrole nitrogens is 1. The van der Waals surface area contributed by atoms with Crippen molar-refractivity contribution in [3.63, 3.8) is 0 Å². The van der Waals surface area contributed by atoms with Crippen molar-refractivity contribution in [2.75, 3.05) is 0 Å². The van der Waals surface area contributed by atoms with Crippen LogP contribution in [0.2, 0.25) is 0 Å². The number of benzene rings is 1. The van der Waals surface area contributed by atoms with Gasteiger partial charge in [-0.3, -0.25) is 4.79 Å². The van der Waals surface area contributed by atoms with Crippen LogP contribution in [0, 0.1) is 5.82 Å². The lowest BCUT2D eigenvalue weighted by Gasteiger charge is -2.05. The van der Waals surface area contributed by atoms with Gasteiger partial charge < -0.3 is 19.6 Å². The number of fused-ring (bicyclic) bond motifs is 1. The number of hydrogen-bond acceptors (Lipinski definition) is 4. The average Bonchev–Trinajstić information content (AvgIpc) is 3.19. The van der Waals surface area contributed by atoms with Gasteiger partial charge in [0, 0.05) is 35.2 Å². The summed E-state index contributed by atoms with van der Waals surface area (Å²) in [7, 11) is 0. The molecule has 0 spiro atoms. The quantitative estimate of drug-likeness (QED) is 0.732. The lowest BCUT2D eigenvalue weighted by Crippen LogP contribution is -2.21. The smallest absolute Gasteiger partial charge is 0.220 e. The fourth-order valence-corrected chi connectivity index (χ4v) is 2.18. The normalized spacial score (nSPS) is 10.9. The maximum atomic E-state index is 14.1. The molecule has 3 rings (SSSR count). The molecule has 0 saturated carbocycles. The Kier molecular flexibility index (Phi) is 4.27. The Hall–Kier alpha value is -2.83. The monoisotopic (exact) mass is 317 g/mol. The van der Waals surface area contributed by atoms with E-state index in [-0.39, 0.29) is 18.3 Å². The topological polar surface area (TPSA) is 80.2 Å². The molecule has 2 N–H and O–H groups in total. The fraction of sp³-hybridized carbons (Fsp3) is 0.250.